The van der Waals surface area contributed by atoms with Crippen molar-refractivity contribution in [1.82, 2.24) is 25.3 Å². The van der Waals surface area contributed by atoms with Gasteiger partial charge in [-0.2, -0.15) is 4.98 Å². The average molecular weight is 310 g/mol. The highest BCUT2D eigenvalue weighted by Gasteiger charge is 2.17. The second kappa shape index (κ2) is 5.92. The molecule has 1 N–H and O–H groups in total. The number of aromatic nitrogens is 4. The maximum Gasteiger partial charge on any atom is 0.215 e. The summed E-state index contributed by atoms with van der Waals surface area (Å²) in [5.41, 5.74) is 1.49. The second-order valence-electron chi connectivity index (χ2n) is 5.53. The molecular weight excluding hydrogens is 292 g/mol. The molecule has 7 heteroatoms. The predicted molar refractivity (Wildman–Crippen MR) is 88.9 cm³/mol. The van der Waals surface area contributed by atoms with Crippen molar-refractivity contribution in [3.8, 4) is 5.88 Å². The van der Waals surface area contributed by atoms with Crippen LogP contribution in [0, 0.1) is 0 Å². The number of methoxy groups -OCH3 is 1. The van der Waals surface area contributed by atoms with Crippen molar-refractivity contribution in [2.75, 3.05) is 38.2 Å². The van der Waals surface area contributed by atoms with Crippen LogP contribution >= 0.6 is 0 Å². The summed E-state index contributed by atoms with van der Waals surface area (Å²) in [5.74, 6) is 1.51. The zero-order valence-electron chi connectivity index (χ0n) is 13.0. The van der Waals surface area contributed by atoms with Gasteiger partial charge >= 0.3 is 0 Å². The lowest BCUT2D eigenvalue weighted by Gasteiger charge is -2.22. The molecule has 1 aliphatic heterocycles. The van der Waals surface area contributed by atoms with Gasteiger partial charge in [0.05, 0.1) is 24.2 Å². The van der Waals surface area contributed by atoms with Gasteiger partial charge in [0.25, 0.3) is 0 Å². The van der Waals surface area contributed by atoms with Crippen molar-refractivity contribution >= 4 is 27.8 Å². The highest BCUT2D eigenvalue weighted by atomic mass is 16.5. The molecule has 3 aromatic rings. The zero-order chi connectivity index (χ0) is 15.6. The highest BCUT2D eigenvalue weighted by Crippen LogP contribution is 2.30. The Bertz CT molecular complexity index is 844. The van der Waals surface area contributed by atoms with E-state index in [1.54, 1.807) is 19.6 Å². The number of nitrogens with zero attached hydrogens (tertiary/aromatic N) is 5. The smallest absolute Gasteiger partial charge is 0.215 e. The molecule has 1 saturated heterocycles. The molecule has 118 valence electrons. The van der Waals surface area contributed by atoms with E-state index < -0.39 is 0 Å². The minimum Gasteiger partial charge on any atom is -0.481 e. The number of rotatable bonds is 2. The minimum atomic E-state index is 0.557. The van der Waals surface area contributed by atoms with E-state index in [0.29, 0.717) is 11.5 Å². The van der Waals surface area contributed by atoms with Crippen LogP contribution in [0.2, 0.25) is 0 Å². The van der Waals surface area contributed by atoms with Gasteiger partial charge in [0, 0.05) is 31.1 Å². The maximum atomic E-state index is 5.20. The molecule has 0 radical (unpaired) electrons. The quantitative estimate of drug-likeness (QED) is 0.717. The van der Waals surface area contributed by atoms with Crippen LogP contribution in [0.5, 0.6) is 5.88 Å². The number of pyridine rings is 2. The minimum absolute atomic E-state index is 0.557. The van der Waals surface area contributed by atoms with E-state index in [2.05, 4.69) is 30.2 Å². The van der Waals surface area contributed by atoms with E-state index >= 15 is 0 Å². The topological polar surface area (TPSA) is 76.1 Å². The Morgan fingerprint density at radius 2 is 2.09 bits per heavy atom. The number of fused-ring (bicyclic) bond motifs is 3. The largest absolute Gasteiger partial charge is 0.481 e. The first-order valence-electron chi connectivity index (χ1n) is 7.77. The van der Waals surface area contributed by atoms with E-state index in [0.717, 1.165) is 54.7 Å². The van der Waals surface area contributed by atoms with Crippen molar-refractivity contribution in [2.45, 2.75) is 6.42 Å². The molecule has 23 heavy (non-hydrogen) atoms. The second-order valence-corrected chi connectivity index (χ2v) is 5.53. The number of hydrogen-bond acceptors (Lipinski definition) is 7. The molecule has 0 amide bonds. The first-order chi connectivity index (χ1) is 11.4. The van der Waals surface area contributed by atoms with Gasteiger partial charge in [0.2, 0.25) is 5.88 Å². The Kier molecular flexibility index (Phi) is 3.63. The van der Waals surface area contributed by atoms with Crippen LogP contribution in [0.15, 0.2) is 24.7 Å². The molecule has 3 aromatic heterocycles. The molecule has 0 aromatic carbocycles. The van der Waals surface area contributed by atoms with Gasteiger partial charge in [-0.3, -0.25) is 0 Å². The van der Waals surface area contributed by atoms with Crippen LogP contribution < -0.4 is 15.0 Å². The fraction of sp³-hybridized carbons (Fsp3) is 0.375. The molecule has 0 atom stereocenters. The Morgan fingerprint density at radius 1 is 1.13 bits per heavy atom. The van der Waals surface area contributed by atoms with Crippen LogP contribution in [0.3, 0.4) is 0 Å². The molecule has 0 unspecified atom stereocenters. The van der Waals surface area contributed by atoms with Crippen molar-refractivity contribution in [1.29, 1.82) is 0 Å². The molecule has 0 spiro atoms. The molecule has 0 aliphatic carbocycles. The monoisotopic (exact) mass is 310 g/mol. The SMILES string of the molecule is COc1ccc2c(ncc3ncnc(N4CCCNCC4)c32)n1. The summed E-state index contributed by atoms with van der Waals surface area (Å²) in [6, 6.07) is 3.84. The van der Waals surface area contributed by atoms with Crippen molar-refractivity contribution in [3.05, 3.63) is 24.7 Å². The fourth-order valence-corrected chi connectivity index (χ4v) is 3.00. The normalized spacial score (nSPS) is 15.8. The predicted octanol–water partition coefficient (Wildman–Crippen LogP) is 1.38. The number of ether oxygens (including phenoxy) is 1. The first-order valence-corrected chi connectivity index (χ1v) is 7.77. The average Bonchev–Trinajstić information content (AvgIpc) is 2.89. The van der Waals surface area contributed by atoms with Gasteiger partial charge in [0.15, 0.2) is 5.65 Å². The molecular formula is C16H18N6O. The van der Waals surface area contributed by atoms with Gasteiger partial charge < -0.3 is 15.0 Å². The van der Waals surface area contributed by atoms with Crippen molar-refractivity contribution in [2.24, 2.45) is 0 Å². The lowest BCUT2D eigenvalue weighted by molar-refractivity contribution is 0.399. The molecule has 4 heterocycles. The summed E-state index contributed by atoms with van der Waals surface area (Å²) in [6.07, 6.45) is 4.46. The van der Waals surface area contributed by atoms with Crippen molar-refractivity contribution < 1.29 is 4.74 Å². The van der Waals surface area contributed by atoms with Gasteiger partial charge in [-0.15, -0.1) is 0 Å². The Labute approximate surface area is 133 Å². The van der Waals surface area contributed by atoms with E-state index in [1.165, 1.54) is 0 Å². The molecule has 0 saturated carbocycles. The van der Waals surface area contributed by atoms with Gasteiger partial charge in [0.1, 0.15) is 12.1 Å². The van der Waals surface area contributed by atoms with Crippen LogP contribution in [0.25, 0.3) is 21.9 Å². The Morgan fingerprint density at radius 3 is 3.00 bits per heavy atom. The van der Waals surface area contributed by atoms with E-state index in [-0.39, 0.29) is 0 Å². The van der Waals surface area contributed by atoms with E-state index in [9.17, 15) is 0 Å². The summed E-state index contributed by atoms with van der Waals surface area (Å²) in [5, 5.41) is 5.38. The van der Waals surface area contributed by atoms with Gasteiger partial charge in [-0.05, 0) is 19.0 Å². The van der Waals surface area contributed by atoms with Crippen LogP contribution in [0.4, 0.5) is 5.82 Å². The highest BCUT2D eigenvalue weighted by molar-refractivity contribution is 6.08. The lowest BCUT2D eigenvalue weighted by Crippen LogP contribution is -2.28. The molecule has 0 bridgehead atoms. The zero-order valence-corrected chi connectivity index (χ0v) is 13.0. The number of hydrogen-bond donors (Lipinski definition) is 1. The van der Waals surface area contributed by atoms with Crippen LogP contribution in [-0.4, -0.2) is 53.2 Å². The summed E-state index contributed by atoms with van der Waals surface area (Å²) in [6.45, 7) is 3.91. The molecule has 4 rings (SSSR count). The third kappa shape index (κ3) is 2.53. The van der Waals surface area contributed by atoms with Crippen LogP contribution in [0.1, 0.15) is 6.42 Å². The third-order valence-corrected chi connectivity index (χ3v) is 4.13. The Balaban J connectivity index is 1.94. The number of anilines is 1. The van der Waals surface area contributed by atoms with E-state index in [4.69, 9.17) is 4.74 Å². The summed E-state index contributed by atoms with van der Waals surface area (Å²) < 4.78 is 5.20. The first kappa shape index (κ1) is 14.1. The lowest BCUT2D eigenvalue weighted by atomic mass is 10.1. The third-order valence-electron chi connectivity index (χ3n) is 4.13. The van der Waals surface area contributed by atoms with Gasteiger partial charge in [-0.25, -0.2) is 15.0 Å². The molecule has 1 aliphatic rings. The molecule has 7 nitrogen and oxygen atoms in total. The standard InChI is InChI=1S/C16H18N6O/c1-23-13-4-3-11-14-12(9-18-15(11)21-13)19-10-20-16(14)22-7-2-5-17-6-8-22/h3-4,9-10,17H,2,5-8H2,1H3. The van der Waals surface area contributed by atoms with Crippen LogP contribution in [-0.2, 0) is 0 Å². The summed E-state index contributed by atoms with van der Waals surface area (Å²) >= 11 is 0. The molecule has 1 fully saturated rings. The summed E-state index contributed by atoms with van der Waals surface area (Å²) in [7, 11) is 1.61. The van der Waals surface area contributed by atoms with Crippen molar-refractivity contribution in [3.63, 3.8) is 0 Å². The maximum absolute atomic E-state index is 5.20. The van der Waals surface area contributed by atoms with Gasteiger partial charge in [-0.1, -0.05) is 0 Å². The van der Waals surface area contributed by atoms with E-state index in [1.807, 2.05) is 12.1 Å². The fourth-order valence-electron chi connectivity index (χ4n) is 3.00. The summed E-state index contributed by atoms with van der Waals surface area (Å²) in [4.78, 5) is 20.1. The Hall–Kier alpha value is -2.54. The number of nitrogens with one attached hydrogen (secondary N) is 1.